The molecule has 0 saturated carbocycles. The van der Waals surface area contributed by atoms with Crippen LogP contribution in [0.3, 0.4) is 0 Å². The van der Waals surface area contributed by atoms with Crippen molar-refractivity contribution in [3.63, 3.8) is 0 Å². The molecule has 0 aromatic heterocycles. The summed E-state index contributed by atoms with van der Waals surface area (Å²) in [5.41, 5.74) is 0. The second-order valence-corrected chi connectivity index (χ2v) is 0.951. The summed E-state index contributed by atoms with van der Waals surface area (Å²) in [6, 6.07) is 0. The second kappa shape index (κ2) is 0.708. The molecular weight excluding hydrogens is 66.0 g/mol. The van der Waals surface area contributed by atoms with Gasteiger partial charge in [-0.25, -0.2) is 4.99 Å². The zero-order chi connectivity index (χ0) is 3.70. The summed E-state index contributed by atoms with van der Waals surface area (Å²) >= 11 is 0. The molecule has 0 N–H and O–H groups in total. The average Bonchev–Trinajstić information content (AvgIpc) is 1.30. The largest absolute Gasteiger partial charge is 0.459 e. The van der Waals surface area contributed by atoms with Crippen molar-refractivity contribution in [3.05, 3.63) is 0 Å². The SMILES string of the molecule is CC1=NCO1. The van der Waals surface area contributed by atoms with Gasteiger partial charge in [-0.3, -0.25) is 0 Å². The Kier molecular flexibility index (Phi) is 0.381. The van der Waals surface area contributed by atoms with Gasteiger partial charge in [-0.15, -0.1) is 0 Å². The van der Waals surface area contributed by atoms with Crippen LogP contribution in [0.1, 0.15) is 6.92 Å². The Balaban J connectivity index is 2.51. The molecule has 0 spiro atoms. The minimum atomic E-state index is 0.575. The number of hydrogen-bond donors (Lipinski definition) is 0. The highest BCUT2D eigenvalue weighted by Gasteiger charge is 1.96. The summed E-state index contributed by atoms with van der Waals surface area (Å²) < 4.78 is 4.68. The van der Waals surface area contributed by atoms with Gasteiger partial charge in [0.15, 0.2) is 12.6 Å². The summed E-state index contributed by atoms with van der Waals surface area (Å²) in [4.78, 5) is 3.76. The molecule has 0 amide bonds. The van der Waals surface area contributed by atoms with Crippen molar-refractivity contribution in [2.45, 2.75) is 6.92 Å². The van der Waals surface area contributed by atoms with Crippen molar-refractivity contribution >= 4 is 5.90 Å². The molecule has 0 radical (unpaired) electrons. The maximum absolute atomic E-state index is 4.68. The van der Waals surface area contributed by atoms with Crippen LogP contribution in [-0.4, -0.2) is 12.6 Å². The topological polar surface area (TPSA) is 21.6 Å². The van der Waals surface area contributed by atoms with E-state index in [-0.39, 0.29) is 0 Å². The maximum Gasteiger partial charge on any atom is 0.185 e. The van der Waals surface area contributed by atoms with E-state index in [4.69, 9.17) is 0 Å². The second-order valence-electron chi connectivity index (χ2n) is 0.951. The summed E-state index contributed by atoms with van der Waals surface area (Å²) in [6.45, 7) is 2.41. The first-order valence-electron chi connectivity index (χ1n) is 1.53. The molecule has 0 aromatic rings. The number of nitrogens with zero attached hydrogens (tertiary/aromatic N) is 1. The van der Waals surface area contributed by atoms with Crippen molar-refractivity contribution in [2.75, 3.05) is 6.73 Å². The highest BCUT2D eigenvalue weighted by atomic mass is 16.5. The lowest BCUT2D eigenvalue weighted by Gasteiger charge is -2.08. The Morgan fingerprint density at radius 1 is 2.00 bits per heavy atom. The van der Waals surface area contributed by atoms with Crippen LogP contribution in [0.2, 0.25) is 0 Å². The molecule has 5 heavy (non-hydrogen) atoms. The minimum absolute atomic E-state index is 0.575. The molecule has 1 rings (SSSR count). The molecular formula is C3H5NO. The molecule has 0 bridgehead atoms. The molecule has 0 saturated heterocycles. The van der Waals surface area contributed by atoms with E-state index in [1.165, 1.54) is 0 Å². The lowest BCUT2D eigenvalue weighted by molar-refractivity contribution is 0.259. The van der Waals surface area contributed by atoms with Gasteiger partial charge in [0.2, 0.25) is 0 Å². The first kappa shape index (κ1) is 2.69. The van der Waals surface area contributed by atoms with Gasteiger partial charge in [-0.2, -0.15) is 0 Å². The predicted molar refractivity (Wildman–Crippen MR) is 19.1 cm³/mol. The number of rotatable bonds is 0. The quantitative estimate of drug-likeness (QED) is 0.405. The minimum Gasteiger partial charge on any atom is -0.459 e. The third-order valence-corrected chi connectivity index (χ3v) is 0.561. The van der Waals surface area contributed by atoms with E-state index in [9.17, 15) is 0 Å². The van der Waals surface area contributed by atoms with Crippen LogP contribution < -0.4 is 0 Å². The fraction of sp³-hybridized carbons (Fsp3) is 0.667. The van der Waals surface area contributed by atoms with Gasteiger partial charge in [-0.1, -0.05) is 0 Å². The van der Waals surface area contributed by atoms with Crippen molar-refractivity contribution < 1.29 is 4.74 Å². The molecule has 1 aliphatic rings. The van der Waals surface area contributed by atoms with Crippen LogP contribution in [0, 0.1) is 0 Å². The summed E-state index contributed by atoms with van der Waals surface area (Å²) in [7, 11) is 0. The fourth-order valence-electron chi connectivity index (χ4n) is 0.194. The number of hydrogen-bond acceptors (Lipinski definition) is 2. The van der Waals surface area contributed by atoms with Crippen LogP contribution in [0.4, 0.5) is 0 Å². The fourth-order valence-corrected chi connectivity index (χ4v) is 0.194. The van der Waals surface area contributed by atoms with E-state index in [0.29, 0.717) is 6.73 Å². The first-order chi connectivity index (χ1) is 2.39. The van der Waals surface area contributed by atoms with Gasteiger partial charge >= 0.3 is 0 Å². The van der Waals surface area contributed by atoms with Crippen LogP contribution in [-0.2, 0) is 4.74 Å². The Labute approximate surface area is 30.5 Å². The van der Waals surface area contributed by atoms with E-state index >= 15 is 0 Å². The predicted octanol–water partition coefficient (Wildman–Crippen LogP) is 0.393. The van der Waals surface area contributed by atoms with E-state index in [1.54, 1.807) is 0 Å². The van der Waals surface area contributed by atoms with Crippen LogP contribution in [0.15, 0.2) is 4.99 Å². The van der Waals surface area contributed by atoms with Gasteiger partial charge in [0.1, 0.15) is 0 Å². The highest BCUT2D eigenvalue weighted by molar-refractivity contribution is 5.75. The zero-order valence-corrected chi connectivity index (χ0v) is 3.06. The standard InChI is InChI=1S/C3H5NO/c1-3-4-2-5-3/h2H2,1H3. The van der Waals surface area contributed by atoms with Crippen molar-refractivity contribution in [1.82, 2.24) is 0 Å². The van der Waals surface area contributed by atoms with E-state index in [2.05, 4.69) is 9.73 Å². The van der Waals surface area contributed by atoms with Crippen LogP contribution in [0.25, 0.3) is 0 Å². The molecule has 0 aromatic carbocycles. The van der Waals surface area contributed by atoms with Gasteiger partial charge in [0, 0.05) is 6.92 Å². The Bertz CT molecular complexity index is 67.3. The Morgan fingerprint density at radius 3 is 2.40 bits per heavy atom. The number of ether oxygens (including phenoxy) is 1. The maximum atomic E-state index is 4.68. The molecule has 28 valence electrons. The van der Waals surface area contributed by atoms with Crippen molar-refractivity contribution in [2.24, 2.45) is 4.99 Å². The molecule has 1 aliphatic heterocycles. The van der Waals surface area contributed by atoms with E-state index in [1.807, 2.05) is 6.92 Å². The smallest absolute Gasteiger partial charge is 0.185 e. The van der Waals surface area contributed by atoms with E-state index in [0.717, 1.165) is 5.90 Å². The normalized spacial score (nSPS) is 19.0. The Morgan fingerprint density at radius 2 is 2.40 bits per heavy atom. The Hall–Kier alpha value is -0.530. The molecule has 2 nitrogen and oxygen atoms in total. The van der Waals surface area contributed by atoms with Gasteiger partial charge in [0.05, 0.1) is 0 Å². The van der Waals surface area contributed by atoms with E-state index < -0.39 is 0 Å². The lowest BCUT2D eigenvalue weighted by Crippen LogP contribution is -2.10. The molecule has 0 aliphatic carbocycles. The summed E-state index contributed by atoms with van der Waals surface area (Å²) in [5.74, 6) is 0.810. The lowest BCUT2D eigenvalue weighted by atomic mass is 10.7. The molecule has 2 heteroatoms. The summed E-state index contributed by atoms with van der Waals surface area (Å²) in [6.07, 6.45) is 0. The molecule has 0 atom stereocenters. The number of aliphatic imine (C=N–C) groups is 1. The zero-order valence-electron chi connectivity index (χ0n) is 3.06. The third-order valence-electron chi connectivity index (χ3n) is 0.561. The van der Waals surface area contributed by atoms with Gasteiger partial charge < -0.3 is 4.74 Å². The van der Waals surface area contributed by atoms with Crippen LogP contribution >= 0.6 is 0 Å². The average molecular weight is 71.1 g/mol. The summed E-state index contributed by atoms with van der Waals surface area (Å²) in [5, 5.41) is 0. The molecule has 0 unspecified atom stereocenters. The van der Waals surface area contributed by atoms with Gasteiger partial charge in [-0.05, 0) is 0 Å². The molecule has 0 fully saturated rings. The first-order valence-corrected chi connectivity index (χ1v) is 1.53. The van der Waals surface area contributed by atoms with Crippen molar-refractivity contribution in [1.29, 1.82) is 0 Å². The monoisotopic (exact) mass is 71.0 g/mol. The third kappa shape index (κ3) is 0.251. The molecule has 1 heterocycles. The highest BCUT2D eigenvalue weighted by Crippen LogP contribution is 1.91. The van der Waals surface area contributed by atoms with Crippen molar-refractivity contribution in [3.8, 4) is 0 Å². The van der Waals surface area contributed by atoms with Gasteiger partial charge in [0.25, 0.3) is 0 Å². The van der Waals surface area contributed by atoms with Crippen LogP contribution in [0.5, 0.6) is 0 Å².